The van der Waals surface area contributed by atoms with Gasteiger partial charge in [0.2, 0.25) is 0 Å². The molecule has 20 heavy (non-hydrogen) atoms. The summed E-state index contributed by atoms with van der Waals surface area (Å²) in [5.41, 5.74) is 2.83. The number of nitrogens with zero attached hydrogens (tertiary/aromatic N) is 4. The molecule has 5 nitrogen and oxygen atoms in total. The van der Waals surface area contributed by atoms with Crippen molar-refractivity contribution in [3.8, 4) is 22.8 Å². The van der Waals surface area contributed by atoms with Crippen LogP contribution in [-0.2, 0) is 0 Å². The van der Waals surface area contributed by atoms with Gasteiger partial charge >= 0.3 is 5.82 Å². The molecule has 0 N–H and O–H groups in total. The van der Waals surface area contributed by atoms with Crippen LogP contribution in [0.1, 0.15) is 5.56 Å². The van der Waals surface area contributed by atoms with Crippen molar-refractivity contribution in [1.29, 1.82) is 0 Å². The summed E-state index contributed by atoms with van der Waals surface area (Å²) in [7, 11) is 0. The highest BCUT2D eigenvalue weighted by molar-refractivity contribution is 5.57. The predicted octanol–water partition coefficient (Wildman–Crippen LogP) is 2.15. The van der Waals surface area contributed by atoms with E-state index in [2.05, 4.69) is 15.2 Å². The van der Waals surface area contributed by atoms with E-state index in [1.807, 2.05) is 49.4 Å². The van der Waals surface area contributed by atoms with Crippen LogP contribution in [0.15, 0.2) is 54.9 Å². The molecule has 0 unspecified atom stereocenters. The third-order valence-corrected chi connectivity index (χ3v) is 2.99. The van der Waals surface area contributed by atoms with Crippen LogP contribution < -0.4 is 4.73 Å². The largest absolute Gasteiger partial charge is 0.710 e. The molecule has 0 atom stereocenters. The first-order chi connectivity index (χ1) is 9.75. The first-order valence-corrected chi connectivity index (χ1v) is 6.20. The summed E-state index contributed by atoms with van der Waals surface area (Å²) in [6, 6.07) is 13.2. The molecule has 3 rings (SSSR count). The van der Waals surface area contributed by atoms with Crippen LogP contribution in [0.3, 0.4) is 0 Å². The van der Waals surface area contributed by atoms with Gasteiger partial charge in [0.05, 0.1) is 5.10 Å². The number of hydrogen-bond donors (Lipinski definition) is 0. The Labute approximate surface area is 116 Å². The van der Waals surface area contributed by atoms with E-state index in [4.69, 9.17) is 0 Å². The van der Waals surface area contributed by atoms with Crippen LogP contribution in [0.2, 0.25) is 0 Å². The van der Waals surface area contributed by atoms with Gasteiger partial charge in [-0.05, 0) is 23.7 Å². The molecule has 0 aliphatic heterocycles. The van der Waals surface area contributed by atoms with E-state index in [-0.39, 0.29) is 5.82 Å². The van der Waals surface area contributed by atoms with E-state index in [0.717, 1.165) is 11.1 Å². The molecule has 0 bridgehead atoms. The Bertz CT molecular complexity index is 744. The third kappa shape index (κ3) is 2.21. The Hall–Kier alpha value is -2.82. The number of hydrogen-bond acceptors (Lipinski definition) is 4. The molecular weight excluding hydrogens is 252 g/mol. The first kappa shape index (κ1) is 12.2. The van der Waals surface area contributed by atoms with Crippen molar-refractivity contribution in [2.24, 2.45) is 0 Å². The van der Waals surface area contributed by atoms with Crippen LogP contribution in [0.5, 0.6) is 0 Å². The van der Waals surface area contributed by atoms with Gasteiger partial charge < -0.3 is 5.21 Å². The molecule has 0 saturated heterocycles. The van der Waals surface area contributed by atoms with E-state index < -0.39 is 0 Å². The molecule has 3 aromatic rings. The molecule has 0 radical (unpaired) electrons. The minimum atomic E-state index is 0.211. The van der Waals surface area contributed by atoms with Crippen LogP contribution in [0, 0.1) is 12.1 Å². The van der Waals surface area contributed by atoms with Crippen LogP contribution in [-0.4, -0.2) is 15.2 Å². The van der Waals surface area contributed by atoms with Gasteiger partial charge in [0.25, 0.3) is 0 Å². The lowest BCUT2D eigenvalue weighted by Crippen LogP contribution is -2.31. The second-order valence-electron chi connectivity index (χ2n) is 4.40. The van der Waals surface area contributed by atoms with Crippen molar-refractivity contribution < 1.29 is 4.73 Å². The smallest absolute Gasteiger partial charge is 0.379 e. The standard InChI is InChI=1S/C15H12N4O/c1-11-6-5-9-16-14(11)15-18-17-13(10-19(15)20)12-7-3-2-4-8-12/h2-10H,1H3. The number of benzene rings is 1. The van der Waals surface area contributed by atoms with E-state index in [9.17, 15) is 5.21 Å². The Morgan fingerprint density at radius 1 is 1.00 bits per heavy atom. The maximum atomic E-state index is 12.1. The fourth-order valence-corrected chi connectivity index (χ4v) is 1.96. The quantitative estimate of drug-likeness (QED) is 0.525. The molecule has 0 saturated carbocycles. The minimum absolute atomic E-state index is 0.211. The van der Waals surface area contributed by atoms with Crippen molar-refractivity contribution in [1.82, 2.24) is 15.2 Å². The van der Waals surface area contributed by atoms with Crippen molar-refractivity contribution in [2.75, 3.05) is 0 Å². The molecule has 0 fully saturated rings. The molecule has 0 aliphatic carbocycles. The summed E-state index contributed by atoms with van der Waals surface area (Å²) >= 11 is 0. The van der Waals surface area contributed by atoms with Crippen molar-refractivity contribution >= 4 is 0 Å². The molecule has 2 aromatic heterocycles. The van der Waals surface area contributed by atoms with Crippen LogP contribution >= 0.6 is 0 Å². The van der Waals surface area contributed by atoms with Gasteiger partial charge in [-0.15, -0.1) is 0 Å². The predicted molar refractivity (Wildman–Crippen MR) is 74.4 cm³/mol. The normalized spacial score (nSPS) is 10.4. The highest BCUT2D eigenvalue weighted by Crippen LogP contribution is 2.17. The molecule has 0 aliphatic rings. The van der Waals surface area contributed by atoms with Gasteiger partial charge in [-0.1, -0.05) is 36.4 Å². The molecule has 2 heterocycles. The number of pyridine rings is 1. The van der Waals surface area contributed by atoms with Gasteiger partial charge in [0.15, 0.2) is 11.4 Å². The average Bonchev–Trinajstić information content (AvgIpc) is 2.49. The summed E-state index contributed by atoms with van der Waals surface area (Å²) in [4.78, 5) is 4.19. The molecule has 98 valence electrons. The van der Waals surface area contributed by atoms with Gasteiger partial charge in [-0.3, -0.25) is 0 Å². The zero-order chi connectivity index (χ0) is 13.9. The fourth-order valence-electron chi connectivity index (χ4n) is 1.96. The fraction of sp³-hybridized carbons (Fsp3) is 0.0667. The number of aryl methyl sites for hydroxylation is 1. The Balaban J connectivity index is 2.07. The van der Waals surface area contributed by atoms with Crippen LogP contribution in [0.25, 0.3) is 22.8 Å². The third-order valence-electron chi connectivity index (χ3n) is 2.99. The summed E-state index contributed by atoms with van der Waals surface area (Å²) < 4.78 is 0.713. The Morgan fingerprint density at radius 3 is 2.50 bits per heavy atom. The second-order valence-corrected chi connectivity index (χ2v) is 4.40. The van der Waals surface area contributed by atoms with E-state index in [0.29, 0.717) is 16.1 Å². The van der Waals surface area contributed by atoms with E-state index in [1.165, 1.54) is 6.20 Å². The molecular formula is C15H12N4O. The maximum absolute atomic E-state index is 12.1. The summed E-state index contributed by atoms with van der Waals surface area (Å²) in [6.07, 6.45) is 3.06. The van der Waals surface area contributed by atoms with Crippen molar-refractivity contribution in [2.45, 2.75) is 6.92 Å². The van der Waals surface area contributed by atoms with E-state index >= 15 is 0 Å². The first-order valence-electron chi connectivity index (χ1n) is 6.20. The van der Waals surface area contributed by atoms with Gasteiger partial charge in [-0.25, -0.2) is 9.71 Å². The highest BCUT2D eigenvalue weighted by Gasteiger charge is 2.17. The average molecular weight is 264 g/mol. The zero-order valence-corrected chi connectivity index (χ0v) is 10.9. The molecule has 5 heteroatoms. The van der Waals surface area contributed by atoms with Crippen LogP contribution in [0.4, 0.5) is 0 Å². The highest BCUT2D eigenvalue weighted by atomic mass is 16.5. The zero-order valence-electron chi connectivity index (χ0n) is 10.9. The van der Waals surface area contributed by atoms with Crippen molar-refractivity contribution in [3.05, 3.63) is 65.6 Å². The number of rotatable bonds is 2. The van der Waals surface area contributed by atoms with Gasteiger partial charge in [0, 0.05) is 11.8 Å². The van der Waals surface area contributed by atoms with E-state index in [1.54, 1.807) is 6.20 Å². The lowest BCUT2D eigenvalue weighted by molar-refractivity contribution is -0.597. The monoisotopic (exact) mass is 264 g/mol. The maximum Gasteiger partial charge on any atom is 0.379 e. The molecule has 0 amide bonds. The summed E-state index contributed by atoms with van der Waals surface area (Å²) in [5, 5.41) is 20.3. The summed E-state index contributed by atoms with van der Waals surface area (Å²) in [6.45, 7) is 1.88. The molecule has 1 aromatic carbocycles. The Morgan fingerprint density at radius 2 is 1.80 bits per heavy atom. The van der Waals surface area contributed by atoms with Gasteiger partial charge in [-0.2, -0.15) is 0 Å². The topological polar surface area (TPSA) is 65.6 Å². The number of aromatic nitrogens is 4. The SMILES string of the molecule is Cc1cccnc1-c1nnc(-c2ccccc2)c[n+]1[O-]. The molecule has 0 spiro atoms. The second kappa shape index (κ2) is 5.05. The Kier molecular flexibility index (Phi) is 3.09. The van der Waals surface area contributed by atoms with Crippen molar-refractivity contribution in [3.63, 3.8) is 0 Å². The lowest BCUT2D eigenvalue weighted by Gasteiger charge is -2.07. The summed E-state index contributed by atoms with van der Waals surface area (Å²) in [5.74, 6) is 0.211. The van der Waals surface area contributed by atoms with Gasteiger partial charge in [0.1, 0.15) is 6.20 Å². The lowest BCUT2D eigenvalue weighted by atomic mass is 10.2. The minimum Gasteiger partial charge on any atom is -0.710 e.